The van der Waals surface area contributed by atoms with E-state index in [0.29, 0.717) is 44.8 Å². The maximum absolute atomic E-state index is 12.3. The highest BCUT2D eigenvalue weighted by Gasteiger charge is 2.11. The van der Waals surface area contributed by atoms with Crippen molar-refractivity contribution >= 4 is 44.0 Å². The molecule has 0 saturated carbocycles. The average molecular weight is 498 g/mol. The van der Waals surface area contributed by atoms with Gasteiger partial charge in [-0.2, -0.15) is 5.10 Å². The molecule has 1 amide bonds. The van der Waals surface area contributed by atoms with Crippen LogP contribution in [0.15, 0.2) is 57.0 Å². The van der Waals surface area contributed by atoms with Gasteiger partial charge in [0.2, 0.25) is 0 Å². The zero-order valence-electron chi connectivity index (χ0n) is 14.5. The average Bonchev–Trinajstić information content (AvgIpc) is 2.65. The molecule has 0 fully saturated rings. The predicted octanol–water partition coefficient (Wildman–Crippen LogP) is 4.64. The second-order valence-electron chi connectivity index (χ2n) is 5.23. The quantitative estimate of drug-likeness (QED) is 0.316. The van der Waals surface area contributed by atoms with Gasteiger partial charge in [-0.15, -0.1) is 0 Å². The van der Waals surface area contributed by atoms with Gasteiger partial charge >= 0.3 is 0 Å². The minimum atomic E-state index is -0.389. The maximum Gasteiger partial charge on any atom is 0.271 e. The molecule has 0 aliphatic carbocycles. The number of ether oxygens (including phenoxy) is 2. The summed E-state index contributed by atoms with van der Waals surface area (Å²) < 4.78 is 12.1. The van der Waals surface area contributed by atoms with E-state index in [1.807, 2.05) is 6.92 Å². The van der Waals surface area contributed by atoms with E-state index >= 15 is 0 Å². The number of hydrazone groups is 1. The zero-order valence-corrected chi connectivity index (χ0v) is 17.7. The van der Waals surface area contributed by atoms with Gasteiger partial charge in [0, 0.05) is 5.56 Å². The summed E-state index contributed by atoms with van der Waals surface area (Å²) in [5, 5.41) is 13.6. The lowest BCUT2D eigenvalue weighted by Gasteiger charge is -2.12. The number of nitrogens with zero attached hydrogens (tertiary/aromatic N) is 1. The highest BCUT2D eigenvalue weighted by atomic mass is 79.9. The van der Waals surface area contributed by atoms with Gasteiger partial charge in [0.1, 0.15) is 12.4 Å². The Balaban J connectivity index is 2.11. The number of carbonyl (C=O) groups excluding carboxylic acids is 1. The number of rotatable bonds is 8. The van der Waals surface area contributed by atoms with Gasteiger partial charge in [-0.1, -0.05) is 12.7 Å². The Hall–Kier alpha value is -2.32. The molecule has 0 aliphatic heterocycles. The summed E-state index contributed by atoms with van der Waals surface area (Å²) in [6, 6.07) is 8.24. The smallest absolute Gasteiger partial charge is 0.271 e. The highest BCUT2D eigenvalue weighted by Crippen LogP contribution is 2.33. The van der Waals surface area contributed by atoms with Crippen molar-refractivity contribution < 1.29 is 19.4 Å². The second-order valence-corrected chi connectivity index (χ2v) is 6.94. The van der Waals surface area contributed by atoms with Crippen LogP contribution in [0, 0.1) is 0 Å². The summed E-state index contributed by atoms with van der Waals surface area (Å²) in [5.41, 5.74) is 3.53. The number of nitrogens with one attached hydrogen (secondary N) is 1. The Morgan fingerprint density at radius 2 is 1.93 bits per heavy atom. The Morgan fingerprint density at radius 1 is 1.22 bits per heavy atom. The largest absolute Gasteiger partial charge is 0.506 e. The second kappa shape index (κ2) is 10.1. The van der Waals surface area contributed by atoms with Crippen LogP contribution in [0.4, 0.5) is 0 Å². The molecule has 0 aliphatic rings. The summed E-state index contributed by atoms with van der Waals surface area (Å²) >= 11 is 6.48. The monoisotopic (exact) mass is 496 g/mol. The van der Waals surface area contributed by atoms with Crippen LogP contribution in [0.2, 0.25) is 0 Å². The summed E-state index contributed by atoms with van der Waals surface area (Å²) in [4.78, 5) is 12.3. The molecule has 0 heterocycles. The molecule has 27 heavy (non-hydrogen) atoms. The van der Waals surface area contributed by atoms with Crippen molar-refractivity contribution in [2.75, 3.05) is 13.2 Å². The predicted molar refractivity (Wildman–Crippen MR) is 112 cm³/mol. The minimum absolute atomic E-state index is 0.0957. The van der Waals surface area contributed by atoms with E-state index in [-0.39, 0.29) is 11.7 Å². The first-order valence-electron chi connectivity index (χ1n) is 7.98. The van der Waals surface area contributed by atoms with Crippen molar-refractivity contribution in [2.45, 2.75) is 6.92 Å². The first kappa shape index (κ1) is 21.0. The molecule has 2 aromatic carbocycles. The number of amides is 1. The third-order valence-corrected chi connectivity index (χ3v) is 4.49. The van der Waals surface area contributed by atoms with Gasteiger partial charge in [-0.05, 0) is 74.7 Å². The molecule has 8 heteroatoms. The summed E-state index contributed by atoms with van der Waals surface area (Å²) in [6.45, 7) is 6.24. The molecule has 0 spiro atoms. The highest BCUT2D eigenvalue weighted by molar-refractivity contribution is 9.11. The van der Waals surface area contributed by atoms with Crippen LogP contribution in [0.25, 0.3) is 0 Å². The topological polar surface area (TPSA) is 80.2 Å². The fourth-order valence-corrected chi connectivity index (χ4v) is 3.30. The van der Waals surface area contributed by atoms with E-state index in [9.17, 15) is 9.90 Å². The first-order chi connectivity index (χ1) is 13.0. The lowest BCUT2D eigenvalue weighted by molar-refractivity contribution is 0.0954. The van der Waals surface area contributed by atoms with Gasteiger partial charge in [-0.25, -0.2) is 5.43 Å². The van der Waals surface area contributed by atoms with E-state index < -0.39 is 0 Å². The van der Waals surface area contributed by atoms with E-state index in [1.165, 1.54) is 6.21 Å². The van der Waals surface area contributed by atoms with Crippen LogP contribution in [-0.4, -0.2) is 30.4 Å². The molecule has 0 saturated heterocycles. The third kappa shape index (κ3) is 5.83. The fraction of sp³-hybridized carbons (Fsp3) is 0.158. The molecule has 0 bridgehead atoms. The number of phenolic OH excluding ortho intramolecular Hbond substituents is 1. The van der Waals surface area contributed by atoms with Crippen molar-refractivity contribution in [3.8, 4) is 17.2 Å². The zero-order chi connectivity index (χ0) is 19.8. The van der Waals surface area contributed by atoms with E-state index in [1.54, 1.807) is 36.4 Å². The lowest BCUT2D eigenvalue weighted by atomic mass is 10.2. The number of hydrogen-bond acceptors (Lipinski definition) is 5. The van der Waals surface area contributed by atoms with Crippen LogP contribution >= 0.6 is 31.9 Å². The van der Waals surface area contributed by atoms with Gasteiger partial charge in [0.05, 0.1) is 21.8 Å². The molecule has 0 aromatic heterocycles. The number of carbonyl (C=O) groups is 1. The van der Waals surface area contributed by atoms with Crippen LogP contribution < -0.4 is 14.9 Å². The van der Waals surface area contributed by atoms with Crippen LogP contribution in [0.1, 0.15) is 22.8 Å². The number of phenols is 1. The SMILES string of the molecule is C=CCOc1ccc(C(=O)N/N=C/c2cc(Br)c(O)c(Br)c2)cc1OCC. The number of hydrogen-bond donors (Lipinski definition) is 2. The van der Waals surface area contributed by atoms with Crippen LogP contribution in [0.3, 0.4) is 0 Å². The Morgan fingerprint density at radius 3 is 2.56 bits per heavy atom. The standard InChI is InChI=1S/C19H18Br2N2O4/c1-3-7-27-16-6-5-13(10-17(16)26-4-2)19(25)23-22-11-12-8-14(20)18(24)15(21)9-12/h3,5-6,8-11,24H,1,4,7H2,2H3,(H,23,25)/b22-11+. The molecule has 6 nitrogen and oxygen atoms in total. The molecule has 142 valence electrons. The Labute approximate surface area is 174 Å². The van der Waals surface area contributed by atoms with Gasteiger partial charge in [0.15, 0.2) is 11.5 Å². The molecular formula is C19H18Br2N2O4. The Bertz CT molecular complexity index is 846. The number of aromatic hydroxyl groups is 1. The third-order valence-electron chi connectivity index (χ3n) is 3.28. The summed E-state index contributed by atoms with van der Waals surface area (Å²) in [5.74, 6) is 0.718. The van der Waals surface area contributed by atoms with E-state index in [0.717, 1.165) is 0 Å². The summed E-state index contributed by atoms with van der Waals surface area (Å²) in [6.07, 6.45) is 3.10. The van der Waals surface area contributed by atoms with Crippen LogP contribution in [0.5, 0.6) is 17.2 Å². The van der Waals surface area contributed by atoms with Crippen molar-refractivity contribution in [1.82, 2.24) is 5.43 Å². The summed E-state index contributed by atoms with van der Waals surface area (Å²) in [7, 11) is 0. The molecule has 2 aromatic rings. The fourth-order valence-electron chi connectivity index (χ4n) is 2.08. The van der Waals surface area contributed by atoms with Crippen LogP contribution in [-0.2, 0) is 0 Å². The van der Waals surface area contributed by atoms with Crippen molar-refractivity contribution in [3.05, 3.63) is 63.1 Å². The first-order valence-corrected chi connectivity index (χ1v) is 9.56. The van der Waals surface area contributed by atoms with Gasteiger partial charge in [0.25, 0.3) is 5.91 Å². The minimum Gasteiger partial charge on any atom is -0.506 e. The normalized spacial score (nSPS) is 10.6. The Kier molecular flexibility index (Phi) is 7.87. The van der Waals surface area contributed by atoms with Crippen molar-refractivity contribution in [1.29, 1.82) is 0 Å². The maximum atomic E-state index is 12.3. The molecule has 0 atom stereocenters. The van der Waals surface area contributed by atoms with E-state index in [2.05, 4.69) is 49.0 Å². The van der Waals surface area contributed by atoms with Gasteiger partial charge < -0.3 is 14.6 Å². The van der Waals surface area contributed by atoms with Crippen molar-refractivity contribution in [2.24, 2.45) is 5.10 Å². The molecule has 2 N–H and O–H groups in total. The molecule has 0 unspecified atom stereocenters. The lowest BCUT2D eigenvalue weighted by Crippen LogP contribution is -2.17. The molecular weight excluding hydrogens is 480 g/mol. The van der Waals surface area contributed by atoms with Gasteiger partial charge in [-0.3, -0.25) is 4.79 Å². The number of benzene rings is 2. The van der Waals surface area contributed by atoms with Crippen molar-refractivity contribution in [3.63, 3.8) is 0 Å². The number of halogens is 2. The van der Waals surface area contributed by atoms with E-state index in [4.69, 9.17) is 9.47 Å². The molecule has 2 rings (SSSR count). The molecule has 0 radical (unpaired) electrons.